The highest BCUT2D eigenvalue weighted by molar-refractivity contribution is 5.68. The number of carbonyl (C=O) groups is 1. The lowest BCUT2D eigenvalue weighted by Crippen LogP contribution is -2.50. The molecule has 1 fully saturated rings. The molecule has 0 saturated carbocycles. The Bertz CT molecular complexity index is 513. The van der Waals surface area contributed by atoms with Gasteiger partial charge in [-0.2, -0.15) is 0 Å². The summed E-state index contributed by atoms with van der Waals surface area (Å²) in [7, 11) is 0. The van der Waals surface area contributed by atoms with Crippen LogP contribution in [0.4, 0.5) is 9.18 Å². The van der Waals surface area contributed by atoms with Gasteiger partial charge in [-0.3, -0.25) is 0 Å². The van der Waals surface area contributed by atoms with Gasteiger partial charge in [0.25, 0.3) is 0 Å². The first-order valence-electron chi connectivity index (χ1n) is 7.25. The van der Waals surface area contributed by atoms with E-state index in [2.05, 4.69) is 0 Å². The lowest BCUT2D eigenvalue weighted by Gasteiger charge is -2.37. The zero-order valence-electron chi connectivity index (χ0n) is 12.8. The van der Waals surface area contributed by atoms with Gasteiger partial charge in [-0.05, 0) is 44.9 Å². The summed E-state index contributed by atoms with van der Waals surface area (Å²) in [5.41, 5.74) is 6.56. The van der Waals surface area contributed by atoms with E-state index in [9.17, 15) is 9.18 Å². The third kappa shape index (κ3) is 4.17. The lowest BCUT2D eigenvalue weighted by atomic mass is 9.86. The van der Waals surface area contributed by atoms with Crippen molar-refractivity contribution in [3.63, 3.8) is 0 Å². The summed E-state index contributed by atoms with van der Waals surface area (Å²) in [4.78, 5) is 13.7. The fraction of sp³-hybridized carbons (Fsp3) is 0.562. The molecular weight excluding hydrogens is 271 g/mol. The van der Waals surface area contributed by atoms with Crippen LogP contribution in [-0.2, 0) is 4.74 Å². The van der Waals surface area contributed by atoms with Gasteiger partial charge in [0.05, 0.1) is 0 Å². The molecule has 1 aromatic rings. The van der Waals surface area contributed by atoms with Gasteiger partial charge < -0.3 is 15.4 Å². The molecule has 2 rings (SSSR count). The van der Waals surface area contributed by atoms with Crippen molar-refractivity contribution in [3.05, 3.63) is 35.6 Å². The lowest BCUT2D eigenvalue weighted by molar-refractivity contribution is 0.0186. The number of piperidine rings is 1. The molecule has 116 valence electrons. The van der Waals surface area contributed by atoms with Crippen LogP contribution in [-0.4, -0.2) is 35.7 Å². The number of nitrogens with zero attached hydrogens (tertiary/aromatic N) is 1. The summed E-state index contributed by atoms with van der Waals surface area (Å²) < 4.78 is 18.7. The maximum absolute atomic E-state index is 13.3. The van der Waals surface area contributed by atoms with Crippen LogP contribution in [0, 0.1) is 5.82 Å². The highest BCUT2D eigenvalue weighted by Gasteiger charge is 2.32. The van der Waals surface area contributed by atoms with Gasteiger partial charge in [-0.15, -0.1) is 0 Å². The minimum absolute atomic E-state index is 0.0689. The van der Waals surface area contributed by atoms with Crippen molar-refractivity contribution in [2.45, 2.75) is 44.8 Å². The molecule has 1 heterocycles. The summed E-state index contributed by atoms with van der Waals surface area (Å²) in [6, 6.07) is 6.31. The molecule has 21 heavy (non-hydrogen) atoms. The van der Waals surface area contributed by atoms with E-state index in [4.69, 9.17) is 10.5 Å². The number of hydrogen-bond acceptors (Lipinski definition) is 3. The molecular formula is C16H23FN2O2. The molecule has 0 aromatic heterocycles. The first-order chi connectivity index (χ1) is 9.76. The van der Waals surface area contributed by atoms with E-state index in [1.807, 2.05) is 26.8 Å². The second-order valence-electron chi connectivity index (χ2n) is 6.54. The molecule has 1 amide bonds. The molecule has 1 aromatic carbocycles. The summed E-state index contributed by atoms with van der Waals surface area (Å²) in [5.74, 6) is -0.186. The maximum Gasteiger partial charge on any atom is 0.410 e. The van der Waals surface area contributed by atoms with Gasteiger partial charge in [0, 0.05) is 25.0 Å². The third-order valence-electron chi connectivity index (χ3n) is 3.59. The van der Waals surface area contributed by atoms with Gasteiger partial charge in [-0.1, -0.05) is 12.1 Å². The van der Waals surface area contributed by atoms with Crippen LogP contribution >= 0.6 is 0 Å². The zero-order valence-corrected chi connectivity index (χ0v) is 12.8. The van der Waals surface area contributed by atoms with Crippen molar-refractivity contribution >= 4 is 6.09 Å². The molecule has 0 unspecified atom stereocenters. The summed E-state index contributed by atoms with van der Waals surface area (Å²) >= 11 is 0. The molecule has 0 spiro atoms. The highest BCUT2D eigenvalue weighted by atomic mass is 19.1. The van der Waals surface area contributed by atoms with Gasteiger partial charge >= 0.3 is 6.09 Å². The molecule has 1 saturated heterocycles. The third-order valence-corrected chi connectivity index (χ3v) is 3.59. The molecule has 0 radical (unpaired) electrons. The van der Waals surface area contributed by atoms with Crippen molar-refractivity contribution in [3.8, 4) is 0 Å². The maximum atomic E-state index is 13.3. The van der Waals surface area contributed by atoms with Crippen molar-refractivity contribution < 1.29 is 13.9 Å². The molecule has 5 heteroatoms. The second-order valence-corrected chi connectivity index (χ2v) is 6.54. The predicted molar refractivity (Wildman–Crippen MR) is 79.5 cm³/mol. The normalized spacial score (nSPS) is 23.0. The van der Waals surface area contributed by atoms with E-state index in [1.165, 1.54) is 12.1 Å². The van der Waals surface area contributed by atoms with E-state index in [0.29, 0.717) is 19.5 Å². The van der Waals surface area contributed by atoms with E-state index in [-0.39, 0.29) is 23.9 Å². The Balaban J connectivity index is 2.01. The fourth-order valence-electron chi connectivity index (χ4n) is 2.63. The first-order valence-corrected chi connectivity index (χ1v) is 7.25. The van der Waals surface area contributed by atoms with Crippen LogP contribution in [0.1, 0.15) is 38.7 Å². The molecule has 4 nitrogen and oxygen atoms in total. The van der Waals surface area contributed by atoms with Crippen LogP contribution in [0.2, 0.25) is 0 Å². The number of carbonyl (C=O) groups excluding carboxylic acids is 1. The predicted octanol–water partition coefficient (Wildman–Crippen LogP) is 2.88. The average molecular weight is 294 g/mol. The molecule has 2 N–H and O–H groups in total. The quantitative estimate of drug-likeness (QED) is 0.866. The first kappa shape index (κ1) is 15.8. The largest absolute Gasteiger partial charge is 0.444 e. The summed E-state index contributed by atoms with van der Waals surface area (Å²) in [5, 5.41) is 0. The van der Waals surface area contributed by atoms with Gasteiger partial charge in [-0.25, -0.2) is 9.18 Å². The van der Waals surface area contributed by atoms with Crippen molar-refractivity contribution in [1.29, 1.82) is 0 Å². The molecule has 1 aliphatic rings. The Labute approximate surface area is 125 Å². The fourth-order valence-corrected chi connectivity index (χ4v) is 2.63. The molecule has 0 aliphatic carbocycles. The van der Waals surface area contributed by atoms with Crippen molar-refractivity contribution in [2.24, 2.45) is 5.73 Å². The Hall–Kier alpha value is -1.62. The summed E-state index contributed by atoms with van der Waals surface area (Å²) in [6.07, 6.45) is 0.375. The number of hydrogen-bond donors (Lipinski definition) is 1. The van der Waals surface area contributed by atoms with E-state index < -0.39 is 5.60 Å². The molecule has 1 aliphatic heterocycles. The Morgan fingerprint density at radius 3 is 2.71 bits per heavy atom. The van der Waals surface area contributed by atoms with E-state index >= 15 is 0 Å². The van der Waals surface area contributed by atoms with E-state index in [1.54, 1.807) is 11.0 Å². The number of rotatable bonds is 1. The number of benzene rings is 1. The van der Waals surface area contributed by atoms with Crippen molar-refractivity contribution in [1.82, 2.24) is 4.90 Å². The number of amides is 1. The highest BCUT2D eigenvalue weighted by Crippen LogP contribution is 2.28. The van der Waals surface area contributed by atoms with Crippen LogP contribution in [0.25, 0.3) is 0 Å². The number of nitrogens with two attached hydrogens (primary N) is 1. The van der Waals surface area contributed by atoms with Gasteiger partial charge in [0.1, 0.15) is 11.4 Å². The Morgan fingerprint density at radius 2 is 2.14 bits per heavy atom. The second kappa shape index (κ2) is 6.02. The monoisotopic (exact) mass is 294 g/mol. The number of likely N-dealkylation sites (tertiary alicyclic amines) is 1. The average Bonchev–Trinajstić information content (AvgIpc) is 2.36. The SMILES string of the molecule is CC(C)(C)OC(=O)N1CC[C@@H](c2cccc(F)c2)[C@H](N)C1. The Kier molecular flexibility index (Phi) is 4.52. The number of halogens is 1. The van der Waals surface area contributed by atoms with Crippen LogP contribution in [0.15, 0.2) is 24.3 Å². The Morgan fingerprint density at radius 1 is 1.43 bits per heavy atom. The molecule has 2 atom stereocenters. The van der Waals surface area contributed by atoms with Crippen LogP contribution < -0.4 is 5.73 Å². The number of ether oxygens (including phenoxy) is 1. The standard InChI is InChI=1S/C16H23FN2O2/c1-16(2,3)21-15(20)19-8-7-13(14(18)10-19)11-5-4-6-12(17)9-11/h4-6,9,13-14H,7-8,10,18H2,1-3H3/t13-,14+/m0/s1. The topological polar surface area (TPSA) is 55.6 Å². The smallest absolute Gasteiger partial charge is 0.410 e. The van der Waals surface area contributed by atoms with Crippen LogP contribution in [0.5, 0.6) is 0 Å². The minimum Gasteiger partial charge on any atom is -0.444 e. The van der Waals surface area contributed by atoms with Gasteiger partial charge in [0.15, 0.2) is 0 Å². The van der Waals surface area contributed by atoms with Crippen LogP contribution in [0.3, 0.4) is 0 Å². The zero-order chi connectivity index (χ0) is 15.6. The van der Waals surface area contributed by atoms with Gasteiger partial charge in [0.2, 0.25) is 0 Å². The molecule has 0 bridgehead atoms. The van der Waals surface area contributed by atoms with Crippen molar-refractivity contribution in [2.75, 3.05) is 13.1 Å². The minimum atomic E-state index is -0.513. The summed E-state index contributed by atoms with van der Waals surface area (Å²) in [6.45, 7) is 6.51. The van der Waals surface area contributed by atoms with E-state index in [0.717, 1.165) is 5.56 Å².